The number of rotatable bonds is 7. The van der Waals surface area contributed by atoms with E-state index in [0.717, 1.165) is 0 Å². The van der Waals surface area contributed by atoms with Gasteiger partial charge >= 0.3 is 0 Å². The van der Waals surface area contributed by atoms with Crippen LogP contribution in [0.5, 0.6) is 0 Å². The molecular weight excluding hydrogens is 638 g/mol. The van der Waals surface area contributed by atoms with Gasteiger partial charge in [-0.15, -0.1) is 0 Å². The number of nitrogens with zero attached hydrogens (tertiary/aromatic N) is 7. The van der Waals surface area contributed by atoms with Gasteiger partial charge in [-0.05, 0) is 31.6 Å². The first-order valence-electron chi connectivity index (χ1n) is 15.3. The summed E-state index contributed by atoms with van der Waals surface area (Å²) in [5, 5.41) is 19.2. The maximum atomic E-state index is 14.1. The van der Waals surface area contributed by atoms with Crippen molar-refractivity contribution in [3.63, 3.8) is 0 Å². The molecule has 0 bridgehead atoms. The summed E-state index contributed by atoms with van der Waals surface area (Å²) in [4.78, 5) is 36.2. The number of halogens is 6. The Bertz CT molecular complexity index is 1650. The van der Waals surface area contributed by atoms with Crippen molar-refractivity contribution in [2.75, 3.05) is 13.2 Å². The van der Waals surface area contributed by atoms with E-state index in [1.54, 1.807) is 0 Å². The highest BCUT2D eigenvalue weighted by Crippen LogP contribution is 2.46. The number of nitrogens with two attached hydrogens (primary N) is 1. The third-order valence-corrected chi connectivity index (χ3v) is 9.60. The molecule has 1 aliphatic carbocycles. The second kappa shape index (κ2) is 12.0. The lowest BCUT2D eigenvalue weighted by Gasteiger charge is -2.44. The molecule has 3 fully saturated rings. The first-order valence-corrected chi connectivity index (χ1v) is 15.3. The summed E-state index contributed by atoms with van der Waals surface area (Å²) in [6, 6.07) is -1.23. The summed E-state index contributed by atoms with van der Waals surface area (Å²) in [7, 11) is 1.52. The molecule has 1 saturated carbocycles. The fourth-order valence-corrected chi connectivity index (χ4v) is 6.99. The second-order valence-electron chi connectivity index (χ2n) is 12.8. The van der Waals surface area contributed by atoms with E-state index in [4.69, 9.17) is 10.5 Å². The number of fused-ring (bicyclic) bond motifs is 1. The molecule has 3 aromatic rings. The zero-order valence-corrected chi connectivity index (χ0v) is 25.3. The van der Waals surface area contributed by atoms with Gasteiger partial charge in [0.05, 0.1) is 36.0 Å². The standard InChI is InChI=1S/C29H34F6N8O4/c1-41-22(23(36)44)16(11-37-41)21(15-2-5-28(32,33)6-3-15)18-13-43-26(40-18)39-17(12-38-43)19-10-27(46,25(30)31)8-9-42(19)24(45)20-4-7-29(34,35)14-47-20/h11-13,15,19-21,25,46H,2-10,14H2,1H3,(H2,36,44)/t19-,20+,21+,27+/m1/s1. The van der Waals surface area contributed by atoms with Crippen LogP contribution in [0.25, 0.3) is 5.78 Å². The zero-order valence-electron chi connectivity index (χ0n) is 25.3. The molecule has 18 heteroatoms. The van der Waals surface area contributed by atoms with E-state index < -0.39 is 79.6 Å². The predicted molar refractivity (Wildman–Crippen MR) is 150 cm³/mol. The molecule has 3 N–H and O–H groups in total. The third kappa shape index (κ3) is 6.40. The lowest BCUT2D eigenvalue weighted by Crippen LogP contribution is -2.55. The topological polar surface area (TPSA) is 154 Å². The smallest absolute Gasteiger partial charge is 0.271 e. The van der Waals surface area contributed by atoms with E-state index in [-0.39, 0.29) is 61.7 Å². The zero-order chi connectivity index (χ0) is 33.9. The molecule has 4 atom stereocenters. The van der Waals surface area contributed by atoms with Crippen LogP contribution in [0.2, 0.25) is 0 Å². The van der Waals surface area contributed by atoms with Gasteiger partial charge in [0.2, 0.25) is 5.92 Å². The minimum atomic E-state index is -3.15. The molecule has 0 unspecified atom stereocenters. The highest BCUT2D eigenvalue weighted by atomic mass is 19.3. The number of ether oxygens (including phenoxy) is 1. The van der Waals surface area contributed by atoms with Gasteiger partial charge in [-0.3, -0.25) is 14.3 Å². The monoisotopic (exact) mass is 672 g/mol. The number of primary amides is 1. The highest BCUT2D eigenvalue weighted by molar-refractivity contribution is 5.92. The van der Waals surface area contributed by atoms with Crippen LogP contribution < -0.4 is 5.73 Å². The summed E-state index contributed by atoms with van der Waals surface area (Å²) in [6.07, 6.45) is -2.64. The molecule has 47 heavy (non-hydrogen) atoms. The second-order valence-corrected chi connectivity index (χ2v) is 12.8. The van der Waals surface area contributed by atoms with E-state index in [1.807, 2.05) is 0 Å². The summed E-state index contributed by atoms with van der Waals surface area (Å²) in [5.41, 5.74) is 3.99. The first kappa shape index (κ1) is 33.1. The van der Waals surface area contributed by atoms with Gasteiger partial charge in [0.1, 0.15) is 24.0 Å². The van der Waals surface area contributed by atoms with Crippen molar-refractivity contribution in [2.24, 2.45) is 18.7 Å². The molecule has 2 saturated heterocycles. The van der Waals surface area contributed by atoms with Crippen molar-refractivity contribution in [3.05, 3.63) is 41.2 Å². The van der Waals surface area contributed by atoms with Crippen LogP contribution in [-0.4, -0.2) is 94.3 Å². The van der Waals surface area contributed by atoms with Gasteiger partial charge in [0.15, 0.2) is 0 Å². The number of hydrogen-bond donors (Lipinski definition) is 2. The number of amides is 2. The fourth-order valence-electron chi connectivity index (χ4n) is 6.99. The van der Waals surface area contributed by atoms with Crippen LogP contribution >= 0.6 is 0 Å². The van der Waals surface area contributed by atoms with E-state index in [0.29, 0.717) is 11.3 Å². The van der Waals surface area contributed by atoms with Crippen LogP contribution in [0, 0.1) is 5.92 Å². The SMILES string of the molecule is Cn1ncc([C@@H](c2cn3ncc([C@H]4C[C@](O)(C(F)F)CCN4C(=O)[C@@H]4CCC(F)(F)CO4)nc3n2)C2CCC(F)(F)CC2)c1C(N)=O. The number of aliphatic hydroxyl groups is 1. The molecule has 6 rings (SSSR count). The molecule has 3 aromatic heterocycles. The van der Waals surface area contributed by atoms with Gasteiger partial charge in [-0.1, -0.05) is 0 Å². The number of imidazole rings is 1. The maximum absolute atomic E-state index is 14.1. The number of alkyl halides is 6. The van der Waals surface area contributed by atoms with Gasteiger partial charge in [-0.2, -0.15) is 10.2 Å². The number of likely N-dealkylation sites (tertiary alicyclic amines) is 1. The van der Waals surface area contributed by atoms with Crippen molar-refractivity contribution in [1.29, 1.82) is 0 Å². The molecule has 256 valence electrons. The van der Waals surface area contributed by atoms with Crippen molar-refractivity contribution in [1.82, 2.24) is 34.3 Å². The predicted octanol–water partition coefficient (Wildman–Crippen LogP) is 3.39. The number of hydrogen-bond acceptors (Lipinski definition) is 8. The Hall–Kier alpha value is -3.80. The van der Waals surface area contributed by atoms with Gasteiger partial charge in [-0.25, -0.2) is 40.8 Å². The van der Waals surface area contributed by atoms with Crippen molar-refractivity contribution in [2.45, 2.75) is 93.3 Å². The average Bonchev–Trinajstić information content (AvgIpc) is 3.60. The third-order valence-electron chi connectivity index (χ3n) is 9.60. The Morgan fingerprint density at radius 3 is 2.36 bits per heavy atom. The number of carbonyl (C=O) groups excluding carboxylic acids is 2. The van der Waals surface area contributed by atoms with Gasteiger partial charge in [0.25, 0.3) is 29.9 Å². The molecule has 5 heterocycles. The summed E-state index contributed by atoms with van der Waals surface area (Å²) >= 11 is 0. The summed E-state index contributed by atoms with van der Waals surface area (Å²) in [5.74, 6) is -8.49. The molecule has 0 spiro atoms. The Kier molecular flexibility index (Phi) is 8.47. The normalized spacial score (nSPS) is 27.3. The number of aryl methyl sites for hydroxylation is 1. The minimum Gasteiger partial charge on any atom is -0.384 e. The van der Waals surface area contributed by atoms with E-state index in [1.165, 1.54) is 39.7 Å². The number of aromatic nitrogens is 6. The lowest BCUT2D eigenvalue weighted by molar-refractivity contribution is -0.182. The van der Waals surface area contributed by atoms with E-state index >= 15 is 0 Å². The molecule has 12 nitrogen and oxygen atoms in total. The molecular formula is C29H34F6N8O4. The largest absolute Gasteiger partial charge is 0.384 e. The number of piperidine rings is 1. The molecule has 0 radical (unpaired) electrons. The van der Waals surface area contributed by atoms with Gasteiger partial charge in [0, 0.05) is 50.8 Å². The Morgan fingerprint density at radius 2 is 1.72 bits per heavy atom. The lowest BCUT2D eigenvalue weighted by atomic mass is 9.74. The van der Waals surface area contributed by atoms with Crippen LogP contribution in [-0.2, 0) is 16.6 Å². The maximum Gasteiger partial charge on any atom is 0.271 e. The van der Waals surface area contributed by atoms with Crippen molar-refractivity contribution < 1.29 is 45.8 Å². The Labute approximate surface area is 264 Å². The fraction of sp³-hybridized carbons (Fsp3) is 0.655. The van der Waals surface area contributed by atoms with Crippen molar-refractivity contribution in [3.8, 4) is 0 Å². The highest BCUT2D eigenvalue weighted by Gasteiger charge is 2.49. The van der Waals surface area contributed by atoms with Crippen molar-refractivity contribution >= 4 is 17.6 Å². The van der Waals surface area contributed by atoms with E-state index in [9.17, 15) is 41.0 Å². The molecule has 3 aliphatic rings. The molecule has 2 amide bonds. The summed E-state index contributed by atoms with van der Waals surface area (Å²) in [6.45, 7) is -1.28. The van der Waals surface area contributed by atoms with Crippen LogP contribution in [0.15, 0.2) is 18.6 Å². The average molecular weight is 673 g/mol. The molecule has 0 aromatic carbocycles. The summed E-state index contributed by atoms with van der Waals surface area (Å²) < 4.78 is 91.3. The quantitative estimate of drug-likeness (QED) is 0.363. The van der Waals surface area contributed by atoms with E-state index in [2.05, 4.69) is 20.2 Å². The molecule has 2 aliphatic heterocycles. The first-order chi connectivity index (χ1) is 22.1. The van der Waals surface area contributed by atoms with Crippen LogP contribution in [0.1, 0.15) is 90.8 Å². The Morgan fingerprint density at radius 1 is 1.02 bits per heavy atom. The van der Waals surface area contributed by atoms with Crippen LogP contribution in [0.4, 0.5) is 26.3 Å². The Balaban J connectivity index is 1.36. The number of carbonyl (C=O) groups is 2. The van der Waals surface area contributed by atoms with Gasteiger partial charge < -0.3 is 20.5 Å². The van der Waals surface area contributed by atoms with Crippen LogP contribution in [0.3, 0.4) is 0 Å². The minimum absolute atomic E-state index is 0.0102.